The maximum Gasteiger partial charge on any atom is 0.222 e. The number of aromatic nitrogens is 1. The quantitative estimate of drug-likeness (QED) is 0.553. The molecule has 1 aromatic heterocycles. The molecule has 0 amide bonds. The van der Waals surface area contributed by atoms with Crippen molar-refractivity contribution in [3.63, 3.8) is 0 Å². The first-order valence-electron chi connectivity index (χ1n) is 8.53. The fourth-order valence-corrected chi connectivity index (χ4v) is 3.30. The lowest BCUT2D eigenvalue weighted by molar-refractivity contribution is 0.104. The molecule has 0 spiro atoms. The van der Waals surface area contributed by atoms with Crippen LogP contribution in [-0.2, 0) is 0 Å². The first kappa shape index (κ1) is 16.5. The molecule has 0 atom stereocenters. The topological polar surface area (TPSA) is 51.7 Å². The average Bonchev–Trinajstić information content (AvgIpc) is 2.94. The maximum atomic E-state index is 13.2. The molecule has 3 aromatic rings. The van der Waals surface area contributed by atoms with Crippen LogP contribution < -0.4 is 9.47 Å². The van der Waals surface area contributed by atoms with Crippen LogP contribution in [0.2, 0.25) is 0 Å². The number of carbonyl (C=O) groups excluding carboxylic acids is 1. The Bertz CT molecular complexity index is 1010. The predicted molar refractivity (Wildman–Crippen MR) is 101 cm³/mol. The number of hydrogen-bond donors (Lipinski definition) is 0. The number of ether oxygens (including phenoxy) is 2. The molecule has 0 radical (unpaired) electrons. The van der Waals surface area contributed by atoms with Gasteiger partial charge in [0.15, 0.2) is 5.78 Å². The normalized spacial score (nSPS) is 12.4. The van der Waals surface area contributed by atoms with E-state index in [-0.39, 0.29) is 5.78 Å². The van der Waals surface area contributed by atoms with Gasteiger partial charge in [0, 0.05) is 23.1 Å². The van der Waals surface area contributed by atoms with Crippen LogP contribution in [0.4, 0.5) is 0 Å². The van der Waals surface area contributed by atoms with E-state index in [9.17, 15) is 4.79 Å². The molecule has 5 nitrogen and oxygen atoms in total. The summed E-state index contributed by atoms with van der Waals surface area (Å²) >= 11 is 0. The molecule has 5 heteroatoms. The number of nitrogens with zero attached hydrogens (tertiary/aromatic N) is 2. The van der Waals surface area contributed by atoms with Crippen molar-refractivity contribution in [3.05, 3.63) is 53.6 Å². The van der Waals surface area contributed by atoms with Crippen LogP contribution in [0.15, 0.2) is 42.5 Å². The van der Waals surface area contributed by atoms with E-state index in [0.29, 0.717) is 29.4 Å². The van der Waals surface area contributed by atoms with Crippen molar-refractivity contribution in [2.75, 3.05) is 34.4 Å². The number of methoxy groups -OCH3 is 1. The summed E-state index contributed by atoms with van der Waals surface area (Å²) in [7, 11) is 5.58. The third kappa shape index (κ3) is 2.61. The van der Waals surface area contributed by atoms with Gasteiger partial charge in [-0.05, 0) is 43.9 Å². The summed E-state index contributed by atoms with van der Waals surface area (Å²) in [6, 6.07) is 13.2. The predicted octanol–water partition coefficient (Wildman–Crippen LogP) is 3.40. The molecule has 1 aliphatic carbocycles. The van der Waals surface area contributed by atoms with E-state index in [1.54, 1.807) is 13.2 Å². The molecule has 0 fully saturated rings. The van der Waals surface area contributed by atoms with Crippen LogP contribution in [0.5, 0.6) is 11.6 Å². The van der Waals surface area contributed by atoms with Crippen molar-refractivity contribution in [2.45, 2.75) is 0 Å². The van der Waals surface area contributed by atoms with Gasteiger partial charge in [-0.25, -0.2) is 4.98 Å². The number of likely N-dealkylation sites (N-methyl/N-ethyl adjacent to an activating group) is 1. The summed E-state index contributed by atoms with van der Waals surface area (Å²) < 4.78 is 11.3. The van der Waals surface area contributed by atoms with E-state index >= 15 is 0 Å². The Balaban J connectivity index is 1.92. The summed E-state index contributed by atoms with van der Waals surface area (Å²) in [5.41, 5.74) is 3.70. The van der Waals surface area contributed by atoms with Crippen LogP contribution in [0, 0.1) is 0 Å². The van der Waals surface area contributed by atoms with E-state index in [1.807, 2.05) is 55.4 Å². The minimum atomic E-state index is -0.00930. The molecule has 1 aliphatic rings. The lowest BCUT2D eigenvalue weighted by Gasteiger charge is -2.14. The molecule has 132 valence electrons. The SMILES string of the molecule is COc1ccc2c(c1)C(=O)c1c-2c(OCCN(C)C)nc2ccccc12. The van der Waals surface area contributed by atoms with Crippen molar-refractivity contribution in [2.24, 2.45) is 0 Å². The van der Waals surface area contributed by atoms with E-state index in [4.69, 9.17) is 14.5 Å². The first-order valence-corrected chi connectivity index (χ1v) is 8.53. The number of pyridine rings is 1. The Morgan fingerprint density at radius 1 is 1.04 bits per heavy atom. The van der Waals surface area contributed by atoms with Gasteiger partial charge in [-0.2, -0.15) is 0 Å². The highest BCUT2D eigenvalue weighted by Crippen LogP contribution is 2.45. The molecule has 0 bridgehead atoms. The number of fused-ring (bicyclic) bond motifs is 5. The maximum absolute atomic E-state index is 13.2. The summed E-state index contributed by atoms with van der Waals surface area (Å²) in [6.07, 6.45) is 0. The van der Waals surface area contributed by atoms with Crippen molar-refractivity contribution in [1.82, 2.24) is 9.88 Å². The van der Waals surface area contributed by atoms with Gasteiger partial charge in [0.2, 0.25) is 5.88 Å². The van der Waals surface area contributed by atoms with Crippen molar-refractivity contribution in [3.8, 4) is 22.8 Å². The van der Waals surface area contributed by atoms with Gasteiger partial charge in [0.25, 0.3) is 0 Å². The Labute approximate surface area is 152 Å². The average molecular weight is 348 g/mol. The van der Waals surface area contributed by atoms with Crippen LogP contribution in [-0.4, -0.2) is 50.0 Å². The number of ketones is 1. The van der Waals surface area contributed by atoms with Gasteiger partial charge in [-0.1, -0.05) is 18.2 Å². The first-order chi connectivity index (χ1) is 12.6. The molecule has 4 rings (SSSR count). The minimum Gasteiger partial charge on any atom is -0.497 e. The van der Waals surface area contributed by atoms with Crippen molar-refractivity contribution in [1.29, 1.82) is 0 Å². The lowest BCUT2D eigenvalue weighted by Crippen LogP contribution is -2.20. The van der Waals surface area contributed by atoms with E-state index in [2.05, 4.69) is 0 Å². The van der Waals surface area contributed by atoms with Crippen LogP contribution in [0.25, 0.3) is 22.0 Å². The molecule has 0 saturated heterocycles. The highest BCUT2D eigenvalue weighted by molar-refractivity contribution is 6.28. The van der Waals surface area contributed by atoms with Crippen LogP contribution in [0.3, 0.4) is 0 Å². The third-order valence-electron chi connectivity index (χ3n) is 4.60. The van der Waals surface area contributed by atoms with Crippen molar-refractivity contribution < 1.29 is 14.3 Å². The summed E-state index contributed by atoms with van der Waals surface area (Å²) in [4.78, 5) is 19.9. The molecular weight excluding hydrogens is 328 g/mol. The number of carbonyl (C=O) groups is 1. The van der Waals surface area contributed by atoms with Crippen LogP contribution in [0.1, 0.15) is 15.9 Å². The smallest absolute Gasteiger partial charge is 0.222 e. The van der Waals surface area contributed by atoms with E-state index in [1.165, 1.54) is 0 Å². The molecular formula is C21H20N2O3. The Morgan fingerprint density at radius 2 is 1.85 bits per heavy atom. The second kappa shape index (κ2) is 6.42. The number of rotatable bonds is 5. The zero-order valence-electron chi connectivity index (χ0n) is 15.1. The molecule has 0 unspecified atom stereocenters. The van der Waals surface area contributed by atoms with Gasteiger partial charge < -0.3 is 14.4 Å². The lowest BCUT2D eigenvalue weighted by atomic mass is 10.0. The Morgan fingerprint density at radius 3 is 2.62 bits per heavy atom. The largest absolute Gasteiger partial charge is 0.497 e. The fourth-order valence-electron chi connectivity index (χ4n) is 3.30. The minimum absolute atomic E-state index is 0.00930. The van der Waals surface area contributed by atoms with Gasteiger partial charge in [0.05, 0.1) is 18.2 Å². The monoisotopic (exact) mass is 348 g/mol. The number of hydrogen-bond acceptors (Lipinski definition) is 5. The molecule has 26 heavy (non-hydrogen) atoms. The zero-order valence-corrected chi connectivity index (χ0v) is 15.1. The Hall–Kier alpha value is -2.92. The van der Waals surface area contributed by atoms with Gasteiger partial charge in [-0.3, -0.25) is 4.79 Å². The Kier molecular flexibility index (Phi) is 4.09. The molecule has 0 aliphatic heterocycles. The van der Waals surface area contributed by atoms with Gasteiger partial charge >= 0.3 is 0 Å². The molecule has 1 heterocycles. The van der Waals surface area contributed by atoms with E-state index < -0.39 is 0 Å². The highest BCUT2D eigenvalue weighted by atomic mass is 16.5. The molecule has 0 saturated carbocycles. The van der Waals surface area contributed by atoms with Crippen LogP contribution >= 0.6 is 0 Å². The van der Waals surface area contributed by atoms with E-state index in [0.717, 1.165) is 28.6 Å². The molecule has 2 aromatic carbocycles. The van der Waals surface area contributed by atoms with Gasteiger partial charge in [0.1, 0.15) is 12.4 Å². The van der Waals surface area contributed by atoms with Crippen molar-refractivity contribution >= 4 is 16.7 Å². The molecule has 0 N–H and O–H groups in total. The highest BCUT2D eigenvalue weighted by Gasteiger charge is 2.33. The second-order valence-corrected chi connectivity index (χ2v) is 6.58. The summed E-state index contributed by atoms with van der Waals surface area (Å²) in [5.74, 6) is 1.17. The number of benzene rings is 2. The standard InChI is InChI=1S/C21H20N2O3/c1-23(2)10-11-26-21-19-14-9-8-13(25-3)12-16(14)20(24)18(19)15-6-4-5-7-17(15)22-21/h4-9,12H,10-11H2,1-3H3. The number of para-hydroxylation sites is 1. The second-order valence-electron chi connectivity index (χ2n) is 6.58. The summed E-state index contributed by atoms with van der Waals surface area (Å²) in [6.45, 7) is 1.27. The zero-order chi connectivity index (χ0) is 18.3. The summed E-state index contributed by atoms with van der Waals surface area (Å²) in [5, 5.41) is 0.850. The third-order valence-corrected chi connectivity index (χ3v) is 4.60. The fraction of sp³-hybridized carbons (Fsp3) is 0.238. The van der Waals surface area contributed by atoms with Gasteiger partial charge in [-0.15, -0.1) is 0 Å².